The SMILES string of the molecule is CC(C)(C)[C@H](N)C(=O)NC1C(C)(C)C1(C)C.Cl. The Balaban J connectivity index is 0.00000256. The molecule has 0 aromatic carbocycles. The van der Waals surface area contributed by atoms with Gasteiger partial charge in [-0.25, -0.2) is 0 Å². The highest BCUT2D eigenvalue weighted by Gasteiger charge is 2.65. The molecule has 1 rings (SSSR count). The summed E-state index contributed by atoms with van der Waals surface area (Å²) < 4.78 is 0. The van der Waals surface area contributed by atoms with E-state index in [1.165, 1.54) is 0 Å². The number of hydrogen-bond donors (Lipinski definition) is 2. The predicted molar refractivity (Wildman–Crippen MR) is 74.2 cm³/mol. The van der Waals surface area contributed by atoms with E-state index in [1.54, 1.807) is 0 Å². The fourth-order valence-corrected chi connectivity index (χ4v) is 2.18. The summed E-state index contributed by atoms with van der Waals surface area (Å²) in [5, 5.41) is 3.08. The second-order valence-corrected chi connectivity index (χ2v) is 7.23. The Morgan fingerprint density at radius 3 is 1.76 bits per heavy atom. The van der Waals surface area contributed by atoms with Crippen LogP contribution in [-0.2, 0) is 4.79 Å². The number of carbonyl (C=O) groups excluding carboxylic acids is 1. The minimum absolute atomic E-state index is 0. The van der Waals surface area contributed by atoms with Crippen molar-refractivity contribution in [1.82, 2.24) is 5.32 Å². The Labute approximate surface area is 111 Å². The van der Waals surface area contributed by atoms with Crippen LogP contribution in [0.2, 0.25) is 0 Å². The molecule has 1 saturated carbocycles. The van der Waals surface area contributed by atoms with Crippen LogP contribution < -0.4 is 11.1 Å². The Hall–Kier alpha value is -0.280. The molecule has 3 N–H and O–H groups in total. The van der Waals surface area contributed by atoms with Crippen molar-refractivity contribution in [2.45, 2.75) is 60.5 Å². The molecule has 0 aromatic rings. The lowest BCUT2D eigenvalue weighted by molar-refractivity contribution is -0.124. The van der Waals surface area contributed by atoms with E-state index in [-0.39, 0.29) is 40.6 Å². The van der Waals surface area contributed by atoms with Crippen LogP contribution in [0.5, 0.6) is 0 Å². The van der Waals surface area contributed by atoms with Gasteiger partial charge in [0, 0.05) is 6.04 Å². The van der Waals surface area contributed by atoms with Crippen molar-refractivity contribution < 1.29 is 4.79 Å². The van der Waals surface area contributed by atoms with Gasteiger partial charge in [0.05, 0.1) is 6.04 Å². The van der Waals surface area contributed by atoms with Crippen LogP contribution in [0, 0.1) is 16.2 Å². The molecule has 17 heavy (non-hydrogen) atoms. The standard InChI is InChI=1S/C13H26N2O.ClH/c1-11(2,3)8(14)9(16)15-10-12(4,5)13(10,6)7;/h8,10H,14H2,1-7H3,(H,15,16);1H/t8-;/m1./s1. The van der Waals surface area contributed by atoms with E-state index >= 15 is 0 Å². The van der Waals surface area contributed by atoms with Crippen molar-refractivity contribution in [1.29, 1.82) is 0 Å². The lowest BCUT2D eigenvalue weighted by atomic mass is 9.87. The van der Waals surface area contributed by atoms with Gasteiger partial charge in [0.15, 0.2) is 0 Å². The van der Waals surface area contributed by atoms with Gasteiger partial charge in [-0.1, -0.05) is 48.5 Å². The van der Waals surface area contributed by atoms with Crippen molar-refractivity contribution in [2.75, 3.05) is 0 Å². The van der Waals surface area contributed by atoms with Gasteiger partial charge < -0.3 is 11.1 Å². The minimum Gasteiger partial charge on any atom is -0.351 e. The molecule has 1 aliphatic rings. The van der Waals surface area contributed by atoms with Gasteiger partial charge in [-0.2, -0.15) is 0 Å². The molecular weight excluding hydrogens is 236 g/mol. The maximum absolute atomic E-state index is 12.0. The summed E-state index contributed by atoms with van der Waals surface area (Å²) >= 11 is 0. The van der Waals surface area contributed by atoms with Gasteiger partial charge in [0.1, 0.15) is 0 Å². The van der Waals surface area contributed by atoms with Crippen LogP contribution >= 0.6 is 12.4 Å². The van der Waals surface area contributed by atoms with E-state index in [1.807, 2.05) is 20.8 Å². The molecule has 1 amide bonds. The largest absolute Gasteiger partial charge is 0.351 e. The molecule has 1 aliphatic carbocycles. The molecular formula is C13H27ClN2O. The summed E-state index contributed by atoms with van der Waals surface area (Å²) in [6, 6.07) is -0.208. The number of hydrogen-bond acceptors (Lipinski definition) is 2. The Bertz CT molecular complexity index is 291. The molecule has 0 aliphatic heterocycles. The summed E-state index contributed by atoms with van der Waals surface area (Å²) in [5.41, 5.74) is 6.08. The van der Waals surface area contributed by atoms with E-state index < -0.39 is 6.04 Å². The highest BCUT2D eigenvalue weighted by atomic mass is 35.5. The number of nitrogens with two attached hydrogens (primary N) is 1. The third-order valence-corrected chi connectivity index (χ3v) is 4.52. The summed E-state index contributed by atoms with van der Waals surface area (Å²) in [7, 11) is 0. The third kappa shape index (κ3) is 2.76. The maximum Gasteiger partial charge on any atom is 0.237 e. The summed E-state index contributed by atoms with van der Waals surface area (Å²) in [6.07, 6.45) is 0. The average Bonchev–Trinajstić information content (AvgIpc) is 2.45. The molecule has 0 aromatic heterocycles. The number of carbonyl (C=O) groups is 1. The van der Waals surface area contributed by atoms with Crippen LogP contribution in [0.4, 0.5) is 0 Å². The fourth-order valence-electron chi connectivity index (χ4n) is 2.18. The van der Waals surface area contributed by atoms with Gasteiger partial charge in [0.2, 0.25) is 5.91 Å². The Morgan fingerprint density at radius 1 is 1.18 bits per heavy atom. The van der Waals surface area contributed by atoms with Gasteiger partial charge in [0.25, 0.3) is 0 Å². The Morgan fingerprint density at radius 2 is 1.53 bits per heavy atom. The number of amides is 1. The van der Waals surface area contributed by atoms with Gasteiger partial charge >= 0.3 is 0 Å². The summed E-state index contributed by atoms with van der Waals surface area (Å²) in [6.45, 7) is 14.7. The van der Waals surface area contributed by atoms with Crippen molar-refractivity contribution in [3.8, 4) is 0 Å². The van der Waals surface area contributed by atoms with Crippen molar-refractivity contribution in [2.24, 2.45) is 22.0 Å². The molecule has 102 valence electrons. The molecule has 0 radical (unpaired) electrons. The zero-order chi connectivity index (χ0) is 12.9. The quantitative estimate of drug-likeness (QED) is 0.803. The summed E-state index contributed by atoms with van der Waals surface area (Å²) in [4.78, 5) is 12.0. The molecule has 4 heteroatoms. The molecule has 1 atom stereocenters. The van der Waals surface area contributed by atoms with E-state index in [0.29, 0.717) is 0 Å². The van der Waals surface area contributed by atoms with Crippen molar-refractivity contribution in [3.05, 3.63) is 0 Å². The molecule has 0 spiro atoms. The fraction of sp³-hybridized carbons (Fsp3) is 0.923. The summed E-state index contributed by atoms with van der Waals surface area (Å²) in [5.74, 6) is -0.0313. The maximum atomic E-state index is 12.0. The number of halogens is 1. The average molecular weight is 263 g/mol. The third-order valence-electron chi connectivity index (χ3n) is 4.52. The monoisotopic (exact) mass is 262 g/mol. The zero-order valence-electron chi connectivity index (χ0n) is 12.0. The zero-order valence-corrected chi connectivity index (χ0v) is 12.9. The molecule has 3 nitrogen and oxygen atoms in total. The molecule has 0 bridgehead atoms. The van der Waals surface area contributed by atoms with Crippen LogP contribution in [0.15, 0.2) is 0 Å². The lowest BCUT2D eigenvalue weighted by Crippen LogP contribution is -2.50. The van der Waals surface area contributed by atoms with Crippen LogP contribution in [0.25, 0.3) is 0 Å². The highest BCUT2D eigenvalue weighted by molar-refractivity contribution is 5.85. The van der Waals surface area contributed by atoms with E-state index in [2.05, 4.69) is 33.0 Å². The molecule has 0 heterocycles. The smallest absolute Gasteiger partial charge is 0.237 e. The second-order valence-electron chi connectivity index (χ2n) is 7.23. The number of nitrogens with one attached hydrogen (secondary N) is 1. The first-order valence-corrected chi connectivity index (χ1v) is 5.98. The highest BCUT2D eigenvalue weighted by Crippen LogP contribution is 2.62. The minimum atomic E-state index is -0.445. The topological polar surface area (TPSA) is 55.1 Å². The molecule has 0 saturated heterocycles. The van der Waals surface area contributed by atoms with Crippen LogP contribution in [0.3, 0.4) is 0 Å². The first-order valence-electron chi connectivity index (χ1n) is 5.98. The molecule has 1 fully saturated rings. The first-order chi connectivity index (χ1) is 6.92. The van der Waals surface area contributed by atoms with Crippen LogP contribution in [-0.4, -0.2) is 18.0 Å². The number of rotatable bonds is 2. The predicted octanol–water partition coefficient (Wildman–Crippen LogP) is 2.33. The van der Waals surface area contributed by atoms with Gasteiger partial charge in [-0.15, -0.1) is 12.4 Å². The van der Waals surface area contributed by atoms with Gasteiger partial charge in [-0.3, -0.25) is 4.79 Å². The lowest BCUT2D eigenvalue weighted by Gasteiger charge is -2.26. The van der Waals surface area contributed by atoms with E-state index in [4.69, 9.17) is 5.73 Å². The first kappa shape index (κ1) is 16.7. The van der Waals surface area contributed by atoms with E-state index in [0.717, 1.165) is 0 Å². The normalized spacial score (nSPS) is 23.5. The second kappa shape index (κ2) is 4.43. The molecule has 0 unspecified atom stereocenters. The van der Waals surface area contributed by atoms with Crippen LogP contribution in [0.1, 0.15) is 48.5 Å². The van der Waals surface area contributed by atoms with Crippen molar-refractivity contribution in [3.63, 3.8) is 0 Å². The van der Waals surface area contributed by atoms with Crippen molar-refractivity contribution >= 4 is 18.3 Å². The Kier molecular flexibility index (Phi) is 4.36. The van der Waals surface area contributed by atoms with Gasteiger partial charge in [-0.05, 0) is 16.2 Å². The van der Waals surface area contributed by atoms with E-state index in [9.17, 15) is 4.79 Å².